The van der Waals surface area contributed by atoms with Crippen LogP contribution >= 0.6 is 0 Å². The van der Waals surface area contributed by atoms with Gasteiger partial charge in [-0.25, -0.2) is 0 Å². The van der Waals surface area contributed by atoms with E-state index in [2.05, 4.69) is 0 Å². The first kappa shape index (κ1) is 47.0. The number of aliphatic hydroxyl groups excluding tert-OH is 6. The molecule has 3 aliphatic heterocycles. The summed E-state index contributed by atoms with van der Waals surface area (Å²) in [6, 6.07) is 0. The molecule has 6 unspecified atom stereocenters. The van der Waals surface area contributed by atoms with Crippen molar-refractivity contribution in [2.24, 2.45) is 16.7 Å². The van der Waals surface area contributed by atoms with E-state index in [-0.39, 0.29) is 88.7 Å². The summed E-state index contributed by atoms with van der Waals surface area (Å²) in [6.45, 7) is 9.49. The molecule has 0 aromatic carbocycles. The van der Waals surface area contributed by atoms with Gasteiger partial charge in [0, 0.05) is 5.92 Å². The van der Waals surface area contributed by atoms with Crippen LogP contribution in [0.4, 0.5) is 0 Å². The second kappa shape index (κ2) is 17.9. The molecule has 3 heterocycles. The average molecular weight is 693 g/mol. The van der Waals surface area contributed by atoms with Gasteiger partial charge in [0.15, 0.2) is 12.6 Å². The van der Waals surface area contributed by atoms with Gasteiger partial charge in [-0.15, -0.1) is 0 Å². The van der Waals surface area contributed by atoms with E-state index in [0.29, 0.717) is 0 Å². The molecule has 3 fully saturated rings. The maximum atomic E-state index is 12.0. The van der Waals surface area contributed by atoms with E-state index in [1.54, 1.807) is 41.5 Å². The SMILES string of the molecule is CC(C)(C)[C@@H]1C(C(=O)[O-])O[C@H](O[C@@H]2C(C(=O)[O-])O[C@H](O[C@@H]3C(C(=O)[O-])O[C@H](C(C)(C)C)[C@H](O)C3O)[C@H](O)C2O)[C@H](O)C1O.[Na+].[Na+].[Na+]. The molecule has 0 saturated carbocycles. The summed E-state index contributed by atoms with van der Waals surface area (Å²) in [5.74, 6) is -6.94. The molecule has 3 saturated heterocycles. The summed E-state index contributed by atoms with van der Waals surface area (Å²) in [7, 11) is 0. The van der Waals surface area contributed by atoms with Crippen molar-refractivity contribution >= 4 is 17.9 Å². The fourth-order valence-corrected chi connectivity index (χ4v) is 5.67. The summed E-state index contributed by atoms with van der Waals surface area (Å²) in [5, 5.41) is 99.8. The van der Waals surface area contributed by atoms with Crippen LogP contribution in [-0.2, 0) is 38.1 Å². The number of carboxylic acid groups (broad SMARTS) is 3. The molecule has 0 spiro atoms. The molecule has 20 heteroatoms. The molecule has 248 valence electrons. The molecule has 0 aromatic rings. The van der Waals surface area contributed by atoms with Gasteiger partial charge < -0.3 is 84.0 Å². The average Bonchev–Trinajstić information content (AvgIpc) is 2.86. The molecule has 6 N–H and O–H groups in total. The number of rotatable bonds is 7. The minimum absolute atomic E-state index is 0. The molecule has 0 aliphatic carbocycles. The van der Waals surface area contributed by atoms with Crippen LogP contribution in [0.25, 0.3) is 0 Å². The fourth-order valence-electron chi connectivity index (χ4n) is 5.67. The third-order valence-corrected chi connectivity index (χ3v) is 7.87. The first-order chi connectivity index (χ1) is 19.6. The van der Waals surface area contributed by atoms with Gasteiger partial charge in [-0.3, -0.25) is 0 Å². The number of carbonyl (C=O) groups is 3. The summed E-state index contributed by atoms with van der Waals surface area (Å²) in [5.41, 5.74) is -1.81. The van der Waals surface area contributed by atoms with E-state index in [1.807, 2.05) is 0 Å². The number of hydrogen-bond acceptors (Lipinski definition) is 17. The van der Waals surface area contributed by atoms with Gasteiger partial charge in [-0.2, -0.15) is 0 Å². The molecule has 0 aromatic heterocycles. The van der Waals surface area contributed by atoms with E-state index in [4.69, 9.17) is 23.7 Å². The van der Waals surface area contributed by atoms with Crippen molar-refractivity contribution in [2.75, 3.05) is 0 Å². The molecule has 0 radical (unpaired) electrons. The van der Waals surface area contributed by atoms with Crippen molar-refractivity contribution < 1.29 is 173 Å². The van der Waals surface area contributed by atoms with E-state index in [1.165, 1.54) is 0 Å². The number of aliphatic carboxylic acids is 3. The third-order valence-electron chi connectivity index (χ3n) is 7.87. The Morgan fingerprint density at radius 2 is 0.870 bits per heavy atom. The monoisotopic (exact) mass is 692 g/mol. The standard InChI is InChI=1S/C26H42O17.3Na/c1-25(2,3)7-8(27)12(31)23(40-14(7)20(33)34)42-16-10(29)13(32)24(43-18(16)22(37)38)41-15-9(28)11(30)19(26(4,5)6)39-17(15)21(35)36;;;/h7-19,23-24,27-32H,1-6H3,(H,33,34)(H,35,36)(H,37,38);;;/q;3*+1/p-3/t7-,8?,9?,10?,11+,12+,13+,14?,15-,16-,17?,18?,19-,23+,24-;;;/m0.../s1. The maximum absolute atomic E-state index is 12.0. The third kappa shape index (κ3) is 10.1. The zero-order valence-electron chi connectivity index (χ0n) is 27.3. The van der Waals surface area contributed by atoms with Crippen molar-refractivity contribution in [1.82, 2.24) is 0 Å². The first-order valence-corrected chi connectivity index (χ1v) is 13.6. The van der Waals surface area contributed by atoms with Crippen LogP contribution in [0, 0.1) is 16.7 Å². The van der Waals surface area contributed by atoms with Gasteiger partial charge >= 0.3 is 88.7 Å². The number of aliphatic hydroxyl groups is 6. The Morgan fingerprint density at radius 3 is 1.24 bits per heavy atom. The van der Waals surface area contributed by atoms with E-state index in [0.717, 1.165) is 0 Å². The van der Waals surface area contributed by atoms with Crippen LogP contribution in [0.5, 0.6) is 0 Å². The number of ether oxygens (including phenoxy) is 5. The summed E-state index contributed by atoms with van der Waals surface area (Å²) >= 11 is 0. The Kier molecular flexibility index (Phi) is 18.3. The van der Waals surface area contributed by atoms with Gasteiger partial charge in [0.25, 0.3) is 0 Å². The van der Waals surface area contributed by atoms with Gasteiger partial charge in [0.1, 0.15) is 61.0 Å². The minimum Gasteiger partial charge on any atom is -0.547 e. The van der Waals surface area contributed by atoms with Crippen molar-refractivity contribution in [3.63, 3.8) is 0 Å². The van der Waals surface area contributed by atoms with Gasteiger partial charge in [0.05, 0.1) is 30.1 Å². The molecule has 46 heavy (non-hydrogen) atoms. The molecular weight excluding hydrogens is 653 g/mol. The second-order valence-electron chi connectivity index (χ2n) is 13.2. The Hall–Kier alpha value is 0.970. The molecular formula is C26H39Na3O17. The summed E-state index contributed by atoms with van der Waals surface area (Å²) in [6.07, 6.45) is -27.8. The van der Waals surface area contributed by atoms with Crippen LogP contribution in [0.2, 0.25) is 0 Å². The smallest absolute Gasteiger partial charge is 0.547 e. The minimum atomic E-state index is -2.34. The zero-order valence-corrected chi connectivity index (χ0v) is 33.3. The molecule has 0 bridgehead atoms. The Bertz CT molecular complexity index is 1040. The van der Waals surface area contributed by atoms with Crippen LogP contribution in [0.15, 0.2) is 0 Å². The van der Waals surface area contributed by atoms with E-state index >= 15 is 0 Å². The Labute approximate surface area is 331 Å². The van der Waals surface area contributed by atoms with Crippen molar-refractivity contribution in [1.29, 1.82) is 0 Å². The van der Waals surface area contributed by atoms with Gasteiger partial charge in [-0.1, -0.05) is 41.5 Å². The van der Waals surface area contributed by atoms with E-state index < -0.39 is 120 Å². The predicted molar refractivity (Wildman–Crippen MR) is 129 cm³/mol. The number of hydrogen-bond donors (Lipinski definition) is 6. The maximum Gasteiger partial charge on any atom is 1.00 e. The summed E-state index contributed by atoms with van der Waals surface area (Å²) < 4.78 is 26.6. The second-order valence-corrected chi connectivity index (χ2v) is 13.2. The number of carboxylic acids is 3. The van der Waals surface area contributed by atoms with Crippen LogP contribution < -0.4 is 104 Å². The Morgan fingerprint density at radius 1 is 0.522 bits per heavy atom. The molecule has 0 amide bonds. The quantitative estimate of drug-likeness (QED) is 0.135. The van der Waals surface area contributed by atoms with Crippen molar-refractivity contribution in [2.45, 2.75) is 127 Å². The van der Waals surface area contributed by atoms with E-state index in [9.17, 15) is 60.3 Å². The van der Waals surface area contributed by atoms with Crippen LogP contribution in [-0.4, -0.2) is 134 Å². The zero-order chi connectivity index (χ0) is 32.9. The van der Waals surface area contributed by atoms with Gasteiger partial charge in [0.2, 0.25) is 0 Å². The van der Waals surface area contributed by atoms with Crippen LogP contribution in [0.3, 0.4) is 0 Å². The largest absolute Gasteiger partial charge is 1.00 e. The molecule has 3 aliphatic rings. The van der Waals surface area contributed by atoms with Crippen molar-refractivity contribution in [3.8, 4) is 0 Å². The van der Waals surface area contributed by atoms with Crippen molar-refractivity contribution in [3.05, 3.63) is 0 Å². The molecule has 17 nitrogen and oxygen atoms in total. The molecule has 15 atom stereocenters. The number of carbonyl (C=O) groups excluding carboxylic acids is 3. The Balaban J connectivity index is 0.00000675. The first-order valence-electron chi connectivity index (χ1n) is 13.6. The fraction of sp³-hybridized carbons (Fsp3) is 0.885. The van der Waals surface area contributed by atoms with Crippen LogP contribution in [0.1, 0.15) is 41.5 Å². The molecule has 3 rings (SSSR count). The topological polar surface area (TPSA) is 288 Å². The predicted octanol–water partition coefficient (Wildman–Crippen LogP) is -15.9. The normalized spacial score (nSPS) is 41.6. The van der Waals surface area contributed by atoms with Gasteiger partial charge in [-0.05, 0) is 10.8 Å². The summed E-state index contributed by atoms with van der Waals surface area (Å²) in [4.78, 5) is 35.7.